The maximum atomic E-state index is 5.80. The molecule has 1 N–H and O–H groups in total. The fourth-order valence-electron chi connectivity index (χ4n) is 2.41. The average molecular weight is 335 g/mol. The highest BCUT2D eigenvalue weighted by atomic mass is 16.5. The largest absolute Gasteiger partial charge is 0.489 e. The molecular weight excluding hydrogens is 314 g/mol. The van der Waals surface area contributed by atoms with Crippen molar-refractivity contribution in [3.63, 3.8) is 0 Å². The van der Waals surface area contributed by atoms with E-state index in [1.807, 2.05) is 67.6 Å². The van der Waals surface area contributed by atoms with Crippen LogP contribution in [-0.4, -0.2) is 17.1 Å². The third-order valence-corrected chi connectivity index (χ3v) is 3.55. The van der Waals surface area contributed by atoms with Gasteiger partial charge < -0.3 is 14.8 Å². The first kappa shape index (κ1) is 16.9. The van der Waals surface area contributed by atoms with Crippen molar-refractivity contribution < 1.29 is 9.47 Å². The average Bonchev–Trinajstić information content (AvgIpc) is 2.62. The van der Waals surface area contributed by atoms with E-state index in [9.17, 15) is 0 Å². The lowest BCUT2D eigenvalue weighted by Crippen LogP contribution is -2.03. The van der Waals surface area contributed by atoms with Crippen LogP contribution in [0.1, 0.15) is 17.1 Å². The molecule has 0 saturated carbocycles. The van der Waals surface area contributed by atoms with Gasteiger partial charge in [-0.3, -0.25) is 0 Å². The van der Waals surface area contributed by atoms with E-state index in [4.69, 9.17) is 9.47 Å². The molecule has 128 valence electrons. The number of nitrogens with one attached hydrogen (secondary N) is 1. The molecule has 0 aliphatic heterocycles. The highest BCUT2D eigenvalue weighted by Crippen LogP contribution is 2.20. The quantitative estimate of drug-likeness (QED) is 0.699. The fourth-order valence-corrected chi connectivity index (χ4v) is 2.41. The van der Waals surface area contributed by atoms with Crippen LogP contribution in [0.3, 0.4) is 0 Å². The van der Waals surface area contributed by atoms with Crippen LogP contribution in [0.4, 0.5) is 11.5 Å². The van der Waals surface area contributed by atoms with E-state index in [-0.39, 0.29) is 0 Å². The summed E-state index contributed by atoms with van der Waals surface area (Å²) in [5.74, 6) is 2.23. The van der Waals surface area contributed by atoms with Gasteiger partial charge >= 0.3 is 0 Å². The van der Waals surface area contributed by atoms with Gasteiger partial charge in [0.1, 0.15) is 24.8 Å². The summed E-state index contributed by atoms with van der Waals surface area (Å²) < 4.78 is 10.9. The van der Waals surface area contributed by atoms with Gasteiger partial charge in [0, 0.05) is 24.6 Å². The summed E-state index contributed by atoms with van der Waals surface area (Å²) in [4.78, 5) is 8.77. The Morgan fingerprint density at radius 2 is 1.68 bits per heavy atom. The van der Waals surface area contributed by atoms with Crippen LogP contribution < -0.4 is 10.1 Å². The minimum atomic E-state index is 0.391. The number of nitrogens with zero attached hydrogens (tertiary/aromatic N) is 2. The summed E-state index contributed by atoms with van der Waals surface area (Å²) in [6.07, 6.45) is 0. The number of rotatable bonds is 7. The normalized spacial score (nSPS) is 10.5. The number of ether oxygens (including phenoxy) is 2. The molecular formula is C20H21N3O2. The van der Waals surface area contributed by atoms with Gasteiger partial charge in [0.15, 0.2) is 5.82 Å². The second-order valence-electron chi connectivity index (χ2n) is 5.67. The lowest BCUT2D eigenvalue weighted by Gasteiger charge is -2.10. The van der Waals surface area contributed by atoms with E-state index >= 15 is 0 Å². The molecule has 3 rings (SSSR count). The predicted octanol–water partition coefficient (Wildman–Crippen LogP) is 4.25. The number of methoxy groups -OCH3 is 1. The van der Waals surface area contributed by atoms with Crippen molar-refractivity contribution in [2.45, 2.75) is 20.1 Å². The first-order chi connectivity index (χ1) is 12.2. The molecule has 1 aromatic heterocycles. The zero-order valence-corrected chi connectivity index (χ0v) is 14.4. The van der Waals surface area contributed by atoms with Gasteiger partial charge in [0.25, 0.3) is 0 Å². The summed E-state index contributed by atoms with van der Waals surface area (Å²) in [5, 5.41) is 3.28. The van der Waals surface area contributed by atoms with Crippen molar-refractivity contribution in [1.29, 1.82) is 0 Å². The molecule has 1 heterocycles. The summed E-state index contributed by atoms with van der Waals surface area (Å²) in [7, 11) is 1.63. The van der Waals surface area contributed by atoms with E-state index in [0.717, 1.165) is 28.5 Å². The summed E-state index contributed by atoms with van der Waals surface area (Å²) >= 11 is 0. The fraction of sp³-hybridized carbons (Fsp3) is 0.200. The zero-order chi connectivity index (χ0) is 17.5. The molecule has 0 amide bonds. The second-order valence-corrected chi connectivity index (χ2v) is 5.67. The van der Waals surface area contributed by atoms with Gasteiger partial charge in [-0.05, 0) is 36.8 Å². The van der Waals surface area contributed by atoms with E-state index in [0.29, 0.717) is 19.0 Å². The van der Waals surface area contributed by atoms with Crippen LogP contribution in [0, 0.1) is 6.92 Å². The minimum Gasteiger partial charge on any atom is -0.489 e. The van der Waals surface area contributed by atoms with Crippen LogP contribution in [0.5, 0.6) is 5.75 Å². The first-order valence-electron chi connectivity index (χ1n) is 8.10. The van der Waals surface area contributed by atoms with Crippen LogP contribution in [0.25, 0.3) is 0 Å². The van der Waals surface area contributed by atoms with E-state index in [2.05, 4.69) is 15.3 Å². The lowest BCUT2D eigenvalue weighted by atomic mass is 10.2. The SMILES string of the molecule is COCc1nc(C)cc(Nc2ccc(OCc3ccccc3)cc2)n1. The van der Waals surface area contributed by atoms with Crippen molar-refractivity contribution in [2.24, 2.45) is 0 Å². The van der Waals surface area contributed by atoms with Crippen LogP contribution in [0.15, 0.2) is 60.7 Å². The topological polar surface area (TPSA) is 56.3 Å². The van der Waals surface area contributed by atoms with Crippen molar-refractivity contribution in [3.05, 3.63) is 77.7 Å². The van der Waals surface area contributed by atoms with Crippen molar-refractivity contribution in [3.8, 4) is 5.75 Å². The smallest absolute Gasteiger partial charge is 0.156 e. The van der Waals surface area contributed by atoms with E-state index in [1.165, 1.54) is 0 Å². The number of benzene rings is 2. The molecule has 5 heteroatoms. The molecule has 0 fully saturated rings. The molecule has 0 aliphatic rings. The maximum Gasteiger partial charge on any atom is 0.156 e. The monoisotopic (exact) mass is 335 g/mol. The molecule has 2 aromatic carbocycles. The molecule has 0 saturated heterocycles. The Morgan fingerprint density at radius 3 is 2.40 bits per heavy atom. The molecule has 0 unspecified atom stereocenters. The molecule has 0 radical (unpaired) electrons. The van der Waals surface area contributed by atoms with E-state index in [1.54, 1.807) is 7.11 Å². The molecule has 0 atom stereocenters. The van der Waals surface area contributed by atoms with Gasteiger partial charge in [-0.1, -0.05) is 30.3 Å². The van der Waals surface area contributed by atoms with Gasteiger partial charge in [-0.2, -0.15) is 0 Å². The second kappa shape index (κ2) is 8.26. The van der Waals surface area contributed by atoms with Gasteiger partial charge in [0.05, 0.1) is 0 Å². The van der Waals surface area contributed by atoms with Gasteiger partial charge in [0.2, 0.25) is 0 Å². The van der Waals surface area contributed by atoms with Gasteiger partial charge in [-0.25, -0.2) is 9.97 Å². The standard InChI is InChI=1S/C20H21N3O2/c1-15-12-19(23-20(21-15)14-24-2)22-17-8-10-18(11-9-17)25-13-16-6-4-3-5-7-16/h3-12H,13-14H2,1-2H3,(H,21,22,23). The Balaban J connectivity index is 1.62. The van der Waals surface area contributed by atoms with Crippen LogP contribution in [0.2, 0.25) is 0 Å². The molecule has 0 bridgehead atoms. The Labute approximate surface area is 147 Å². The van der Waals surface area contributed by atoms with Crippen molar-refractivity contribution in [1.82, 2.24) is 9.97 Å². The third-order valence-electron chi connectivity index (χ3n) is 3.55. The zero-order valence-electron chi connectivity index (χ0n) is 14.4. The third kappa shape index (κ3) is 5.02. The summed E-state index contributed by atoms with van der Waals surface area (Å²) in [6, 6.07) is 19.8. The number of anilines is 2. The molecule has 0 aliphatic carbocycles. The molecule has 5 nitrogen and oxygen atoms in total. The molecule has 3 aromatic rings. The predicted molar refractivity (Wildman–Crippen MR) is 98.0 cm³/mol. The summed E-state index contributed by atoms with van der Waals surface area (Å²) in [6.45, 7) is 2.88. The van der Waals surface area contributed by atoms with E-state index < -0.39 is 0 Å². The summed E-state index contributed by atoms with van der Waals surface area (Å²) in [5.41, 5.74) is 2.98. The maximum absolute atomic E-state index is 5.80. The Kier molecular flexibility index (Phi) is 5.59. The molecule has 0 spiro atoms. The van der Waals surface area contributed by atoms with Crippen molar-refractivity contribution >= 4 is 11.5 Å². The highest BCUT2D eigenvalue weighted by Gasteiger charge is 2.03. The first-order valence-corrected chi connectivity index (χ1v) is 8.10. The minimum absolute atomic E-state index is 0.391. The van der Waals surface area contributed by atoms with Crippen molar-refractivity contribution in [2.75, 3.05) is 12.4 Å². The highest BCUT2D eigenvalue weighted by molar-refractivity contribution is 5.57. The number of aryl methyl sites for hydroxylation is 1. The van der Waals surface area contributed by atoms with Crippen LogP contribution >= 0.6 is 0 Å². The Hall–Kier alpha value is -2.92. The Bertz CT molecular complexity index is 805. The number of aromatic nitrogens is 2. The Morgan fingerprint density at radius 1 is 0.920 bits per heavy atom. The van der Waals surface area contributed by atoms with Crippen LogP contribution in [-0.2, 0) is 18.0 Å². The lowest BCUT2D eigenvalue weighted by molar-refractivity contribution is 0.177. The van der Waals surface area contributed by atoms with Gasteiger partial charge in [-0.15, -0.1) is 0 Å². The molecule has 25 heavy (non-hydrogen) atoms. The number of hydrogen-bond donors (Lipinski definition) is 1. The number of hydrogen-bond acceptors (Lipinski definition) is 5.